The predicted octanol–water partition coefficient (Wildman–Crippen LogP) is -6.47. The van der Waals surface area contributed by atoms with Crippen molar-refractivity contribution in [2.75, 3.05) is 38.9 Å². The molecule has 0 aliphatic carbocycles. The summed E-state index contributed by atoms with van der Waals surface area (Å²) in [5.74, 6) is 0. The molecule has 4 heterocycles. The molecule has 0 aromatic carbocycles. The summed E-state index contributed by atoms with van der Waals surface area (Å²) in [7, 11) is -1.05. The molecule has 0 aromatic heterocycles. The minimum absolute atomic E-state index is 0. The van der Waals surface area contributed by atoms with Crippen molar-refractivity contribution in [3.63, 3.8) is 0 Å². The Morgan fingerprint density at radius 1 is 0.974 bits per heavy atom. The summed E-state index contributed by atoms with van der Waals surface area (Å²) >= 11 is -4.08. The number of nitrogens with zero attached hydrogens (tertiary/aromatic N) is 3. The molecule has 4 aliphatic rings. The number of halogens is 1. The first-order valence-corrected chi connectivity index (χ1v) is 16.9. The molecular formula is C16H30IN3O17S2. The first-order valence-electron chi connectivity index (χ1n) is 10.4. The van der Waals surface area contributed by atoms with E-state index in [2.05, 4.69) is 17.9 Å². The molecule has 1 N–H and O–H groups in total. The van der Waals surface area contributed by atoms with Crippen molar-refractivity contribution >= 4 is 22.6 Å². The number of ether oxygens (including phenoxy) is 4. The van der Waals surface area contributed by atoms with Crippen molar-refractivity contribution in [3.8, 4) is 6.07 Å². The Balaban J connectivity index is 0. The largest absolute Gasteiger partial charge is 0.426 e. The van der Waals surface area contributed by atoms with Gasteiger partial charge in [-0.15, -0.1) is 20.2 Å². The van der Waals surface area contributed by atoms with Crippen LogP contribution in [0, 0.1) is 31.6 Å². The van der Waals surface area contributed by atoms with E-state index < -0.39 is 59.4 Å². The fourth-order valence-electron chi connectivity index (χ4n) is 3.78. The van der Waals surface area contributed by atoms with Gasteiger partial charge in [0.25, 0.3) is 10.2 Å². The van der Waals surface area contributed by atoms with Crippen LogP contribution in [0.1, 0.15) is 9.78 Å². The quantitative estimate of drug-likeness (QED) is 0.105. The SMILES string of the molecule is CC#N.CS[C@H]1CO[C@H]2[C@@H]1OC[C@H]2O[N+](=O)[O-].C[S@@](=O)C1CO[C@H]2[C@@H]1OC[C@H]2O[N+](=O)[O-].[HH].[HH].[O-][I+3]([O-])([O-])OOO. The second-order valence-corrected chi connectivity index (χ2v) is 12.7. The fourth-order valence-corrected chi connectivity index (χ4v) is 5.58. The lowest BCUT2D eigenvalue weighted by Crippen LogP contribution is -4.24. The summed E-state index contributed by atoms with van der Waals surface area (Å²) in [4.78, 5) is 29.2. The minimum Gasteiger partial charge on any atom is -0.372 e. The monoisotopic (exact) mass is 727 g/mol. The van der Waals surface area contributed by atoms with E-state index >= 15 is 0 Å². The van der Waals surface area contributed by atoms with Gasteiger partial charge < -0.3 is 28.6 Å². The Bertz CT molecular complexity index is 859. The van der Waals surface area contributed by atoms with Crippen LogP contribution in [0.3, 0.4) is 0 Å². The van der Waals surface area contributed by atoms with Crippen LogP contribution in [0.2, 0.25) is 0 Å². The van der Waals surface area contributed by atoms with Crippen LogP contribution >= 0.6 is 11.8 Å². The maximum Gasteiger partial charge on any atom is 0.426 e. The Morgan fingerprint density at radius 3 is 1.79 bits per heavy atom. The number of thioether (sulfide) groups is 1. The first kappa shape index (κ1) is 35.7. The molecule has 23 heteroatoms. The van der Waals surface area contributed by atoms with E-state index in [1.165, 1.54) is 6.92 Å². The van der Waals surface area contributed by atoms with Gasteiger partial charge in [-0.1, -0.05) is 0 Å². The average Bonchev–Trinajstić information content (AvgIpc) is 3.57. The molecule has 230 valence electrons. The Kier molecular flexibility index (Phi) is 16.1. The molecule has 4 rings (SSSR count). The van der Waals surface area contributed by atoms with Gasteiger partial charge in [0, 0.05) is 31.9 Å². The summed E-state index contributed by atoms with van der Waals surface area (Å²) in [5.41, 5.74) is 0. The van der Waals surface area contributed by atoms with Gasteiger partial charge in [-0.05, 0) is 6.26 Å². The maximum atomic E-state index is 11.3. The van der Waals surface area contributed by atoms with E-state index in [0.717, 1.165) is 0 Å². The van der Waals surface area contributed by atoms with Gasteiger partial charge in [0.05, 0.1) is 43.0 Å². The van der Waals surface area contributed by atoms with Crippen LogP contribution in [0.4, 0.5) is 0 Å². The molecule has 0 amide bonds. The highest BCUT2D eigenvalue weighted by Crippen LogP contribution is 2.34. The van der Waals surface area contributed by atoms with Crippen molar-refractivity contribution in [1.29, 1.82) is 5.26 Å². The normalized spacial score (nSPS) is 32.9. The molecule has 0 spiro atoms. The summed E-state index contributed by atoms with van der Waals surface area (Å²) in [6, 6.07) is 1.75. The zero-order valence-corrected chi connectivity index (χ0v) is 24.3. The second-order valence-electron chi connectivity index (χ2n) is 7.48. The van der Waals surface area contributed by atoms with E-state index in [0.29, 0.717) is 13.2 Å². The zero-order valence-electron chi connectivity index (χ0n) is 20.5. The van der Waals surface area contributed by atoms with E-state index in [4.69, 9.17) is 29.5 Å². The lowest BCUT2D eigenvalue weighted by atomic mass is 10.1. The second kappa shape index (κ2) is 17.5. The number of hydrogen-bond donors (Lipinski definition) is 1. The number of rotatable bonds is 8. The lowest BCUT2D eigenvalue weighted by molar-refractivity contribution is -1.93. The molecule has 9 atom stereocenters. The van der Waals surface area contributed by atoms with Crippen LogP contribution in [-0.4, -0.2) is 106 Å². The topological polar surface area (TPSA) is 290 Å². The van der Waals surface area contributed by atoms with Gasteiger partial charge in [0.15, 0.2) is 12.2 Å². The molecule has 20 nitrogen and oxygen atoms in total. The van der Waals surface area contributed by atoms with E-state index in [1.54, 1.807) is 24.1 Å². The smallest absolute Gasteiger partial charge is 0.372 e. The molecular weight excluding hydrogens is 697 g/mol. The van der Waals surface area contributed by atoms with Crippen molar-refractivity contribution in [2.24, 2.45) is 0 Å². The lowest BCUT2D eigenvalue weighted by Gasteiger charge is -2.13. The standard InChI is InChI=1S/C7H11NO6S.C7H11NO5S.C2H3N.HIO6.2H2/c1-15(11)5-3-13-6-4(14-8(9)10)2-12-7(5)6;1-14-5-3-12-6-4(13-8(9)10)2-11-7(5)6;1-2-3;2-1(3,4)6-7-5;;/h4-7H,2-3H2,1H3;4-7H,2-3H2,1H3;1H3;5H;2*1H/t4-,5?,6-,7-,15-;4-,5+,6-,7-;;;;/m11..../s1. The molecule has 0 saturated carbocycles. The molecule has 0 bridgehead atoms. The van der Waals surface area contributed by atoms with Crippen molar-refractivity contribution in [1.82, 2.24) is 0 Å². The molecule has 0 aromatic rings. The molecule has 4 fully saturated rings. The van der Waals surface area contributed by atoms with Gasteiger partial charge in [-0.3, -0.25) is 14.5 Å². The summed E-state index contributed by atoms with van der Waals surface area (Å²) in [5, 5.41) is 35.7. The van der Waals surface area contributed by atoms with Gasteiger partial charge in [-0.2, -0.15) is 17.0 Å². The van der Waals surface area contributed by atoms with Gasteiger partial charge in [0.2, 0.25) is 3.22 Å². The Hall–Kier alpha value is -1.28. The van der Waals surface area contributed by atoms with Crippen molar-refractivity contribution in [2.45, 2.75) is 54.0 Å². The number of nitriles is 1. The third-order valence-electron chi connectivity index (χ3n) is 5.20. The first-order chi connectivity index (χ1) is 18.3. The summed E-state index contributed by atoms with van der Waals surface area (Å²) in [6.45, 7) is 2.67. The summed E-state index contributed by atoms with van der Waals surface area (Å²) in [6.07, 6.45) is 1.13. The molecule has 39 heavy (non-hydrogen) atoms. The molecule has 4 saturated heterocycles. The highest BCUT2D eigenvalue weighted by Gasteiger charge is 2.51. The van der Waals surface area contributed by atoms with Crippen LogP contribution in [0.15, 0.2) is 0 Å². The third kappa shape index (κ3) is 12.0. The van der Waals surface area contributed by atoms with Gasteiger partial charge >= 0.3 is 20.1 Å². The summed E-state index contributed by atoms with van der Waals surface area (Å²) < 4.78 is 63.4. The van der Waals surface area contributed by atoms with Crippen LogP contribution in [0.5, 0.6) is 0 Å². The van der Waals surface area contributed by atoms with Crippen LogP contribution < -0.4 is 30.4 Å². The van der Waals surface area contributed by atoms with Crippen molar-refractivity contribution < 1.29 is 89.8 Å². The highest BCUT2D eigenvalue weighted by atomic mass is 127. The highest BCUT2D eigenvalue weighted by molar-refractivity contribution is 7.99. The minimum atomic E-state index is -5.74. The van der Waals surface area contributed by atoms with E-state index in [1.807, 2.05) is 6.26 Å². The zero-order chi connectivity index (χ0) is 29.8. The fraction of sp³-hybridized carbons (Fsp3) is 0.938. The molecule has 0 radical (unpaired) electrons. The van der Waals surface area contributed by atoms with Crippen LogP contribution in [-0.2, 0) is 47.7 Å². The predicted molar refractivity (Wildman–Crippen MR) is 118 cm³/mol. The number of fused-ring (bicyclic) bond motifs is 2. The molecule has 4 aliphatic heterocycles. The number of hydrogen-bond acceptors (Lipinski definition) is 19. The third-order valence-corrected chi connectivity index (χ3v) is 8.07. The Morgan fingerprint density at radius 2 is 1.41 bits per heavy atom. The van der Waals surface area contributed by atoms with Gasteiger partial charge in [0.1, 0.15) is 24.4 Å². The van der Waals surface area contributed by atoms with E-state index in [-0.39, 0.29) is 44.9 Å². The Labute approximate surface area is 236 Å². The maximum absolute atomic E-state index is 11.3. The van der Waals surface area contributed by atoms with E-state index in [9.17, 15) is 34.7 Å². The average molecular weight is 727 g/mol. The van der Waals surface area contributed by atoms with Gasteiger partial charge in [-0.25, -0.2) is 5.26 Å². The molecule has 1 unspecified atom stereocenters. The van der Waals surface area contributed by atoms with Crippen LogP contribution in [0.25, 0.3) is 0 Å². The van der Waals surface area contributed by atoms with Crippen molar-refractivity contribution in [3.05, 3.63) is 20.2 Å².